The molecule has 0 aliphatic heterocycles. The normalized spacial score (nSPS) is 9.14. The molecule has 0 fully saturated rings. The van der Waals surface area contributed by atoms with Crippen LogP contribution < -0.4 is 5.32 Å². The molecule has 0 amide bonds. The Balaban J connectivity index is 2.27. The van der Waals surface area contributed by atoms with Gasteiger partial charge < -0.3 is 10.1 Å². The first kappa shape index (κ1) is 10.7. The number of hydrogen-bond donors (Lipinski definition) is 1. The number of hydrogen-bond acceptors (Lipinski definition) is 2. The fourth-order valence-electron chi connectivity index (χ4n) is 0.930. The van der Waals surface area contributed by atoms with Gasteiger partial charge >= 0.3 is 0 Å². The highest BCUT2D eigenvalue weighted by Crippen LogP contribution is 2.00. The zero-order chi connectivity index (χ0) is 10.2. The van der Waals surface area contributed by atoms with Crippen molar-refractivity contribution in [3.05, 3.63) is 48.6 Å². The van der Waals surface area contributed by atoms with E-state index >= 15 is 0 Å². The van der Waals surface area contributed by atoms with Gasteiger partial charge in [0.1, 0.15) is 6.61 Å². The van der Waals surface area contributed by atoms with E-state index in [1.807, 2.05) is 30.3 Å². The summed E-state index contributed by atoms with van der Waals surface area (Å²) < 4.78 is 5.30. The third-order valence-corrected chi connectivity index (χ3v) is 1.87. The smallest absolute Gasteiger partial charge is 0.257 e. The average Bonchev–Trinajstić information content (AvgIpc) is 2.25. The Labute approximate surface area is 89.6 Å². The topological polar surface area (TPSA) is 21.3 Å². The Bertz CT molecular complexity index is 297. The van der Waals surface area contributed by atoms with E-state index in [1.54, 1.807) is 6.08 Å². The monoisotopic (exact) mass is 207 g/mol. The van der Waals surface area contributed by atoms with E-state index in [4.69, 9.17) is 17.0 Å². The Morgan fingerprint density at radius 1 is 1.43 bits per heavy atom. The lowest BCUT2D eigenvalue weighted by molar-refractivity contribution is 0.288. The van der Waals surface area contributed by atoms with Crippen molar-refractivity contribution >= 4 is 17.4 Å². The molecule has 0 bridgehead atoms. The van der Waals surface area contributed by atoms with E-state index < -0.39 is 0 Å². The van der Waals surface area contributed by atoms with Gasteiger partial charge in [0.05, 0.1) is 0 Å². The molecule has 14 heavy (non-hydrogen) atoms. The molecule has 0 unspecified atom stereocenters. The fourth-order valence-corrected chi connectivity index (χ4v) is 1.07. The minimum absolute atomic E-state index is 0.411. The van der Waals surface area contributed by atoms with Gasteiger partial charge in [-0.05, 0) is 17.8 Å². The van der Waals surface area contributed by atoms with Crippen LogP contribution in [0.25, 0.3) is 0 Å². The highest BCUT2D eigenvalue weighted by Gasteiger charge is 1.95. The molecule has 1 N–H and O–H groups in total. The number of benzene rings is 1. The maximum absolute atomic E-state index is 5.30. The molecule has 0 spiro atoms. The lowest BCUT2D eigenvalue weighted by Gasteiger charge is -2.07. The third-order valence-electron chi connectivity index (χ3n) is 1.60. The molecule has 0 heterocycles. The van der Waals surface area contributed by atoms with Crippen LogP contribution in [0.2, 0.25) is 0 Å². The van der Waals surface area contributed by atoms with Gasteiger partial charge in [0, 0.05) is 6.54 Å². The molecule has 1 aromatic rings. The molecule has 1 rings (SSSR count). The van der Waals surface area contributed by atoms with Gasteiger partial charge in [-0.1, -0.05) is 36.4 Å². The summed E-state index contributed by atoms with van der Waals surface area (Å²) >= 11 is 4.94. The zero-order valence-electron chi connectivity index (χ0n) is 7.90. The van der Waals surface area contributed by atoms with Crippen LogP contribution in [-0.4, -0.2) is 11.7 Å². The van der Waals surface area contributed by atoms with Crippen LogP contribution in [0.15, 0.2) is 43.0 Å². The average molecular weight is 207 g/mol. The molecule has 0 saturated heterocycles. The molecular formula is C11H13NOS. The van der Waals surface area contributed by atoms with Gasteiger partial charge in [0.2, 0.25) is 0 Å². The predicted octanol–water partition coefficient (Wildman–Crippen LogP) is 2.26. The van der Waals surface area contributed by atoms with E-state index in [0.717, 1.165) is 5.56 Å². The Hall–Kier alpha value is -1.35. The number of ether oxygens (including phenoxy) is 1. The van der Waals surface area contributed by atoms with Crippen LogP contribution in [0.4, 0.5) is 0 Å². The summed E-state index contributed by atoms with van der Waals surface area (Å²) in [5.41, 5.74) is 1.11. The second kappa shape index (κ2) is 6.16. The summed E-state index contributed by atoms with van der Waals surface area (Å²) in [7, 11) is 0. The Morgan fingerprint density at radius 3 is 2.79 bits per heavy atom. The molecule has 0 saturated carbocycles. The lowest BCUT2D eigenvalue weighted by atomic mass is 10.2. The molecule has 0 atom stereocenters. The number of nitrogens with one attached hydrogen (secondary N) is 1. The van der Waals surface area contributed by atoms with E-state index in [2.05, 4.69) is 11.9 Å². The van der Waals surface area contributed by atoms with Gasteiger partial charge in [-0.15, -0.1) is 6.58 Å². The molecule has 0 aliphatic carbocycles. The van der Waals surface area contributed by atoms with Gasteiger partial charge in [-0.25, -0.2) is 0 Å². The molecular weight excluding hydrogens is 194 g/mol. The largest absolute Gasteiger partial charge is 0.466 e. The van der Waals surface area contributed by atoms with Crippen molar-refractivity contribution in [2.24, 2.45) is 0 Å². The number of rotatable bonds is 4. The summed E-state index contributed by atoms with van der Waals surface area (Å²) in [5.74, 6) is 0. The Kier molecular flexibility index (Phi) is 4.72. The van der Waals surface area contributed by atoms with Crippen LogP contribution in [0.1, 0.15) is 5.56 Å². The molecule has 74 valence electrons. The maximum Gasteiger partial charge on any atom is 0.257 e. The molecule has 1 aromatic carbocycles. The SMILES string of the molecule is C=CCNC(=S)OCc1ccccc1. The molecule has 0 aromatic heterocycles. The maximum atomic E-state index is 5.30. The van der Waals surface area contributed by atoms with Crippen molar-refractivity contribution < 1.29 is 4.74 Å². The van der Waals surface area contributed by atoms with Gasteiger partial charge in [-0.3, -0.25) is 0 Å². The van der Waals surface area contributed by atoms with Crippen LogP contribution >= 0.6 is 12.2 Å². The highest BCUT2D eigenvalue weighted by molar-refractivity contribution is 7.80. The van der Waals surface area contributed by atoms with E-state index in [0.29, 0.717) is 18.3 Å². The fraction of sp³-hybridized carbons (Fsp3) is 0.182. The zero-order valence-corrected chi connectivity index (χ0v) is 8.72. The Morgan fingerprint density at radius 2 is 2.14 bits per heavy atom. The minimum atomic E-state index is 0.411. The highest BCUT2D eigenvalue weighted by atomic mass is 32.1. The lowest BCUT2D eigenvalue weighted by Crippen LogP contribution is -2.23. The molecule has 0 radical (unpaired) electrons. The third kappa shape index (κ3) is 4.05. The van der Waals surface area contributed by atoms with Crippen molar-refractivity contribution in [1.29, 1.82) is 0 Å². The quantitative estimate of drug-likeness (QED) is 0.604. The van der Waals surface area contributed by atoms with Crippen molar-refractivity contribution in [1.82, 2.24) is 5.32 Å². The molecule has 3 heteroatoms. The van der Waals surface area contributed by atoms with E-state index in [-0.39, 0.29) is 0 Å². The van der Waals surface area contributed by atoms with Crippen molar-refractivity contribution in [3.8, 4) is 0 Å². The minimum Gasteiger partial charge on any atom is -0.466 e. The summed E-state index contributed by atoms with van der Waals surface area (Å²) in [6.07, 6.45) is 1.73. The summed E-state index contributed by atoms with van der Waals surface area (Å²) in [6, 6.07) is 9.90. The van der Waals surface area contributed by atoms with Crippen LogP contribution in [0.3, 0.4) is 0 Å². The second-order valence-corrected chi connectivity index (χ2v) is 3.10. The van der Waals surface area contributed by atoms with Crippen LogP contribution in [0, 0.1) is 0 Å². The van der Waals surface area contributed by atoms with Crippen molar-refractivity contribution in [2.45, 2.75) is 6.61 Å². The second-order valence-electron chi connectivity index (χ2n) is 2.73. The van der Waals surface area contributed by atoms with Gasteiger partial charge in [-0.2, -0.15) is 0 Å². The molecule has 2 nitrogen and oxygen atoms in total. The molecule has 0 aliphatic rings. The van der Waals surface area contributed by atoms with Crippen molar-refractivity contribution in [2.75, 3.05) is 6.54 Å². The van der Waals surface area contributed by atoms with Gasteiger partial charge in [0.25, 0.3) is 5.17 Å². The first-order chi connectivity index (χ1) is 6.83. The van der Waals surface area contributed by atoms with Crippen molar-refractivity contribution in [3.63, 3.8) is 0 Å². The number of thiocarbonyl (C=S) groups is 1. The summed E-state index contributed by atoms with van der Waals surface area (Å²) in [4.78, 5) is 0. The first-order valence-corrected chi connectivity index (χ1v) is 4.79. The van der Waals surface area contributed by atoms with Crippen LogP contribution in [-0.2, 0) is 11.3 Å². The summed E-state index contributed by atoms with van der Waals surface area (Å²) in [6.45, 7) is 4.71. The summed E-state index contributed by atoms with van der Waals surface area (Å²) in [5, 5.41) is 3.30. The van der Waals surface area contributed by atoms with E-state index in [9.17, 15) is 0 Å². The van der Waals surface area contributed by atoms with Crippen LogP contribution in [0.5, 0.6) is 0 Å². The first-order valence-electron chi connectivity index (χ1n) is 4.38. The van der Waals surface area contributed by atoms with Gasteiger partial charge in [0.15, 0.2) is 0 Å². The standard InChI is InChI=1S/C11H13NOS/c1-2-8-12-11(14)13-9-10-6-4-3-5-7-10/h2-7H,1,8-9H2,(H,12,14). The predicted molar refractivity (Wildman–Crippen MR) is 62.0 cm³/mol. The van der Waals surface area contributed by atoms with E-state index in [1.165, 1.54) is 0 Å².